The third-order valence-corrected chi connectivity index (χ3v) is 1.50. The van der Waals surface area contributed by atoms with E-state index in [0.717, 1.165) is 0 Å². The second-order valence-corrected chi connectivity index (χ2v) is 2.37. The second-order valence-electron chi connectivity index (χ2n) is 2.37. The van der Waals surface area contributed by atoms with Gasteiger partial charge in [0.1, 0.15) is 0 Å². The van der Waals surface area contributed by atoms with E-state index in [0.29, 0.717) is 17.9 Å². The first-order chi connectivity index (χ1) is 6.18. The van der Waals surface area contributed by atoms with E-state index < -0.39 is 18.1 Å². The molecular weight excluding hydrogens is 231 g/mol. The molecule has 0 fully saturated rings. The zero-order chi connectivity index (χ0) is 11.6. The topological polar surface area (TPSA) is 71.4 Å². The summed E-state index contributed by atoms with van der Waals surface area (Å²) >= 11 is 0. The normalized spacial score (nSPS) is 11.6. The quantitative estimate of drug-likeness (QED) is 0.401. The van der Waals surface area contributed by atoms with Crippen molar-refractivity contribution in [3.8, 4) is 17.9 Å². The Labute approximate surface area is 103 Å². The predicted octanol–water partition coefficient (Wildman–Crippen LogP) is -1.64. The first kappa shape index (κ1) is 16.6. The van der Waals surface area contributed by atoms with Crippen molar-refractivity contribution in [1.82, 2.24) is 0 Å². The molecule has 0 aromatic heterocycles. The van der Waals surface area contributed by atoms with E-state index in [1.54, 1.807) is 0 Å². The van der Waals surface area contributed by atoms with Gasteiger partial charge in [0, 0.05) is 0 Å². The average Bonchev–Trinajstić information content (AvgIpc) is 2.06. The van der Waals surface area contributed by atoms with Crippen molar-refractivity contribution >= 4 is 6.15 Å². The van der Waals surface area contributed by atoms with Crippen molar-refractivity contribution in [3.63, 3.8) is 0 Å². The van der Waals surface area contributed by atoms with E-state index in [9.17, 15) is 22.0 Å². The Bertz CT molecular complexity index is 323. The van der Waals surface area contributed by atoms with Crippen molar-refractivity contribution in [3.05, 3.63) is 0 Å². The molecule has 0 rings (SSSR count). The third-order valence-electron chi connectivity index (χ3n) is 1.50. The number of nitriles is 3. The molecule has 0 aliphatic heterocycles. The third kappa shape index (κ3) is 2.41. The van der Waals surface area contributed by atoms with E-state index in [4.69, 9.17) is 15.8 Å². The molecule has 0 aromatic carbocycles. The van der Waals surface area contributed by atoms with Crippen LogP contribution in [0, 0.1) is 33.7 Å². The summed E-state index contributed by atoms with van der Waals surface area (Å²) in [5.74, 6) is -4.32. The number of rotatable bonds is 1. The van der Waals surface area contributed by atoms with Crippen LogP contribution in [0.1, 0.15) is 0 Å². The molecule has 0 saturated carbocycles. The number of alkyl halides is 5. The van der Waals surface area contributed by atoms with Crippen LogP contribution in [0.15, 0.2) is 0 Å². The summed E-state index contributed by atoms with van der Waals surface area (Å²) in [5.41, 5.74) is 0. The summed E-state index contributed by atoms with van der Waals surface area (Å²) in [6.07, 6.45) is -10.8. The van der Waals surface area contributed by atoms with Crippen LogP contribution in [0.25, 0.3) is 0 Å². The molecule has 0 heterocycles. The van der Waals surface area contributed by atoms with Crippen molar-refractivity contribution < 1.29 is 51.5 Å². The van der Waals surface area contributed by atoms with Crippen LogP contribution >= 0.6 is 0 Å². The second kappa shape index (κ2) is 4.80. The van der Waals surface area contributed by atoms with Crippen molar-refractivity contribution in [2.24, 2.45) is 0 Å². The van der Waals surface area contributed by atoms with Gasteiger partial charge in [-0.2, -0.15) is 13.2 Å². The van der Waals surface area contributed by atoms with Gasteiger partial charge >= 0.3 is 41.9 Å². The molecule has 0 atom stereocenters. The maximum atomic E-state index is 12.5. The fraction of sp³-hybridized carbons (Fsp3) is 0.400. The number of hydrogen-bond acceptors (Lipinski definition) is 3. The van der Waals surface area contributed by atoms with Crippen LogP contribution in [0.5, 0.6) is 0 Å². The average molecular weight is 231 g/mol. The summed E-state index contributed by atoms with van der Waals surface area (Å²) in [6.45, 7) is 0. The van der Waals surface area contributed by atoms with Gasteiger partial charge in [0.15, 0.2) is 0 Å². The summed E-state index contributed by atoms with van der Waals surface area (Å²) in [5, 5.41) is 24.1. The van der Waals surface area contributed by atoms with Gasteiger partial charge in [0.25, 0.3) is 5.82 Å². The standard InChI is InChI=1S/C5BF5N3.Na/c7-4(8,5(9,10)11)6(1-12,2-13)3-14;/q-1;+1. The van der Waals surface area contributed by atoms with Gasteiger partial charge in [-0.15, -0.1) is 17.9 Å². The Morgan fingerprint density at radius 1 is 0.800 bits per heavy atom. The van der Waals surface area contributed by atoms with Gasteiger partial charge in [0.2, 0.25) is 0 Å². The minimum absolute atomic E-state index is 0. The van der Waals surface area contributed by atoms with Crippen molar-refractivity contribution in [2.75, 3.05) is 0 Å². The van der Waals surface area contributed by atoms with Crippen LogP contribution in [0.3, 0.4) is 0 Å². The van der Waals surface area contributed by atoms with Gasteiger partial charge in [-0.3, -0.25) is 0 Å². The van der Waals surface area contributed by atoms with Crippen LogP contribution in [-0.2, 0) is 0 Å². The van der Waals surface area contributed by atoms with Crippen LogP contribution < -0.4 is 29.6 Å². The fourth-order valence-corrected chi connectivity index (χ4v) is 0.575. The SMILES string of the molecule is N#C[B-](C#N)(C#N)C(F)(F)C(F)(F)F.[Na+]. The Morgan fingerprint density at radius 2 is 1.07 bits per heavy atom. The minimum Gasteiger partial charge on any atom is -0.247 e. The molecule has 0 spiro atoms. The Morgan fingerprint density at radius 3 is 1.13 bits per heavy atom. The van der Waals surface area contributed by atoms with E-state index in [-0.39, 0.29) is 29.6 Å². The molecule has 0 unspecified atom stereocenters. The molecule has 15 heavy (non-hydrogen) atoms. The molecule has 3 nitrogen and oxygen atoms in total. The van der Waals surface area contributed by atoms with Crippen LogP contribution in [0.4, 0.5) is 22.0 Å². The molecule has 10 heteroatoms. The van der Waals surface area contributed by atoms with Gasteiger partial charge in [-0.1, -0.05) is 0 Å². The molecule has 0 N–H and O–H groups in total. The van der Waals surface area contributed by atoms with Crippen LogP contribution in [0.2, 0.25) is 0 Å². The number of nitrogens with zero attached hydrogens (tertiary/aromatic N) is 3. The number of hydrogen-bond donors (Lipinski definition) is 0. The van der Waals surface area contributed by atoms with Crippen LogP contribution in [-0.4, -0.2) is 18.1 Å². The molecule has 74 valence electrons. The summed E-state index contributed by atoms with van der Waals surface area (Å²) in [7, 11) is 0. The van der Waals surface area contributed by atoms with Gasteiger partial charge in [-0.25, -0.2) is 24.6 Å². The Kier molecular flexibility index (Phi) is 5.32. The summed E-state index contributed by atoms with van der Waals surface area (Å²) in [6, 6.07) is 0. The monoisotopic (exact) mass is 231 g/mol. The maximum Gasteiger partial charge on any atom is 1.00 e. The summed E-state index contributed by atoms with van der Waals surface area (Å²) < 4.78 is 60.1. The number of halogens is 5. The molecule has 0 saturated heterocycles. The molecule has 0 amide bonds. The first-order valence-electron chi connectivity index (χ1n) is 3.02. The van der Waals surface area contributed by atoms with Gasteiger partial charge in [0.05, 0.1) is 0 Å². The van der Waals surface area contributed by atoms with Gasteiger partial charge < -0.3 is 0 Å². The maximum absolute atomic E-state index is 12.5. The Hall–Kier alpha value is -0.815. The van der Waals surface area contributed by atoms with E-state index >= 15 is 0 Å². The summed E-state index contributed by atoms with van der Waals surface area (Å²) in [4.78, 5) is 0. The molecule has 0 aliphatic carbocycles. The smallest absolute Gasteiger partial charge is 0.247 e. The molecule has 0 bridgehead atoms. The minimum atomic E-state index is -6.09. The zero-order valence-corrected chi connectivity index (χ0v) is 9.31. The molecule has 0 aromatic rings. The molecule has 0 aliphatic rings. The van der Waals surface area contributed by atoms with E-state index in [1.165, 1.54) is 0 Å². The predicted molar refractivity (Wildman–Crippen MR) is 33.6 cm³/mol. The Balaban J connectivity index is 0. The molecule has 0 radical (unpaired) electrons. The zero-order valence-electron chi connectivity index (χ0n) is 7.31. The molecular formula is C5BF5N3Na. The first-order valence-corrected chi connectivity index (χ1v) is 3.02. The van der Waals surface area contributed by atoms with Crippen molar-refractivity contribution in [1.29, 1.82) is 15.8 Å². The van der Waals surface area contributed by atoms with E-state index in [2.05, 4.69) is 0 Å². The fourth-order valence-electron chi connectivity index (χ4n) is 0.575. The van der Waals surface area contributed by atoms with Gasteiger partial charge in [-0.05, 0) is 0 Å². The van der Waals surface area contributed by atoms with E-state index in [1.807, 2.05) is 0 Å². The largest absolute Gasteiger partial charge is 1.00 e. The van der Waals surface area contributed by atoms with Crippen molar-refractivity contribution in [2.45, 2.75) is 12.0 Å².